The summed E-state index contributed by atoms with van der Waals surface area (Å²) in [7, 11) is 0. The van der Waals surface area contributed by atoms with Crippen molar-refractivity contribution in [3.63, 3.8) is 0 Å². The van der Waals surface area contributed by atoms with E-state index in [-0.39, 0.29) is 27.1 Å². The molecule has 1 heterocycles. The molecule has 0 aromatic heterocycles. The van der Waals surface area contributed by atoms with E-state index in [4.69, 9.17) is 21.1 Å². The second kappa shape index (κ2) is 14.6. The third-order valence-electron chi connectivity index (χ3n) is 14.2. The first-order chi connectivity index (χ1) is 28.0. The van der Waals surface area contributed by atoms with Crippen LogP contribution in [0.5, 0.6) is 11.5 Å². The lowest BCUT2D eigenvalue weighted by Crippen LogP contribution is -2.34. The molecule has 0 unspecified atom stereocenters. The van der Waals surface area contributed by atoms with Gasteiger partial charge in [-0.15, -0.1) is 0 Å². The minimum atomic E-state index is 0.00183. The largest absolute Gasteiger partial charge is 0.486 e. The summed E-state index contributed by atoms with van der Waals surface area (Å²) < 4.78 is 12.2. The highest BCUT2D eigenvalue weighted by Gasteiger charge is 2.40. The lowest BCUT2D eigenvalue weighted by Gasteiger charge is -2.43. The van der Waals surface area contributed by atoms with Gasteiger partial charge in [0.15, 0.2) is 11.5 Å². The van der Waals surface area contributed by atoms with Crippen LogP contribution in [0.25, 0.3) is 0 Å². The smallest absolute Gasteiger partial charge is 0.163 e. The SMILES string of the molecule is Cc1cc(N(c2ccc3c(c2)C(C)(C)CCC3(C)C)c2ccc3c(c2)C(C)(C)CCC3(C)C)c(Cl)c(N(c2ccc3c(c2)OCCO3)c2c(C)cc(C(C)(C)C)cc2C)c1. The van der Waals surface area contributed by atoms with E-state index in [0.717, 1.165) is 64.0 Å². The molecule has 0 bridgehead atoms. The molecule has 0 spiro atoms. The van der Waals surface area contributed by atoms with E-state index in [1.807, 2.05) is 6.07 Å². The molecule has 1 aliphatic heterocycles. The topological polar surface area (TPSA) is 24.9 Å². The van der Waals surface area contributed by atoms with Gasteiger partial charge in [-0.2, -0.15) is 0 Å². The zero-order valence-electron chi connectivity index (χ0n) is 38.8. The molecule has 0 fully saturated rings. The van der Waals surface area contributed by atoms with Gasteiger partial charge in [-0.1, -0.05) is 112 Å². The number of fused-ring (bicyclic) bond motifs is 3. The van der Waals surface area contributed by atoms with E-state index < -0.39 is 0 Å². The number of nitrogens with zero attached hydrogens (tertiary/aromatic N) is 2. The monoisotopic (exact) mass is 822 g/mol. The van der Waals surface area contributed by atoms with Gasteiger partial charge in [-0.3, -0.25) is 0 Å². The van der Waals surface area contributed by atoms with Crippen molar-refractivity contribution in [3.05, 3.63) is 128 Å². The van der Waals surface area contributed by atoms with Gasteiger partial charge in [-0.25, -0.2) is 0 Å². The molecular weight excluding hydrogens is 756 g/mol. The standard InChI is InChI=1S/C55H67ClN2O2/c1-34-27-45(49(56)46(28-34)58(40-17-20-47-48(33-40)60-26-25-59-47)50-35(2)29-37(30-36(50)3)51(4,5)6)57(38-15-18-41-43(31-38)54(11,12)23-21-52(41,7)8)39-16-19-42-44(32-39)55(13,14)24-22-53(42,9)10/h15-20,27-33H,21-26H2,1-14H3. The molecule has 0 saturated heterocycles. The average Bonchev–Trinajstić information content (AvgIpc) is 3.18. The van der Waals surface area contributed by atoms with Crippen LogP contribution in [0.4, 0.5) is 34.1 Å². The van der Waals surface area contributed by atoms with Gasteiger partial charge < -0.3 is 19.3 Å². The average molecular weight is 824 g/mol. The van der Waals surface area contributed by atoms with E-state index in [0.29, 0.717) is 18.2 Å². The van der Waals surface area contributed by atoms with Gasteiger partial charge in [0, 0.05) is 17.4 Å². The maximum atomic E-state index is 8.07. The molecule has 5 heteroatoms. The molecule has 0 N–H and O–H groups in total. The maximum Gasteiger partial charge on any atom is 0.163 e. The third-order valence-corrected chi connectivity index (χ3v) is 14.6. The highest BCUT2D eigenvalue weighted by molar-refractivity contribution is 6.36. The number of rotatable bonds is 6. The molecule has 3 aliphatic rings. The Bertz CT molecular complexity index is 2400. The Morgan fingerprint density at radius 2 is 0.917 bits per heavy atom. The van der Waals surface area contributed by atoms with Crippen molar-refractivity contribution in [2.75, 3.05) is 23.0 Å². The Morgan fingerprint density at radius 3 is 1.40 bits per heavy atom. The molecule has 316 valence electrons. The van der Waals surface area contributed by atoms with Crippen molar-refractivity contribution in [1.82, 2.24) is 0 Å². The van der Waals surface area contributed by atoms with Crippen LogP contribution in [0, 0.1) is 20.8 Å². The molecule has 60 heavy (non-hydrogen) atoms. The molecule has 4 nitrogen and oxygen atoms in total. The summed E-state index contributed by atoms with van der Waals surface area (Å²) in [5, 5.41) is 0.684. The molecule has 0 radical (unpaired) electrons. The van der Waals surface area contributed by atoms with Crippen molar-refractivity contribution in [2.45, 2.75) is 150 Å². The molecule has 2 aliphatic carbocycles. The minimum Gasteiger partial charge on any atom is -0.486 e. The fraction of sp³-hybridized carbons (Fsp3) is 0.455. The van der Waals surface area contributed by atoms with Gasteiger partial charge in [0.2, 0.25) is 0 Å². The number of hydrogen-bond donors (Lipinski definition) is 0. The first-order valence-corrected chi connectivity index (χ1v) is 22.6. The first-order valence-electron chi connectivity index (χ1n) is 22.2. The van der Waals surface area contributed by atoms with Crippen LogP contribution < -0.4 is 19.3 Å². The van der Waals surface area contributed by atoms with Crippen LogP contribution in [0.3, 0.4) is 0 Å². The van der Waals surface area contributed by atoms with Crippen molar-refractivity contribution in [1.29, 1.82) is 0 Å². The Hall–Kier alpha value is -4.41. The highest BCUT2D eigenvalue weighted by atomic mass is 35.5. The van der Waals surface area contributed by atoms with Crippen molar-refractivity contribution in [2.24, 2.45) is 0 Å². The molecule has 8 rings (SSSR count). The number of hydrogen-bond acceptors (Lipinski definition) is 4. The summed E-state index contributed by atoms with van der Waals surface area (Å²) in [5.41, 5.74) is 17.0. The predicted molar refractivity (Wildman–Crippen MR) is 255 cm³/mol. The first kappa shape index (κ1) is 42.3. The van der Waals surface area contributed by atoms with E-state index in [2.05, 4.69) is 180 Å². The lowest BCUT2D eigenvalue weighted by molar-refractivity contribution is 0.171. The molecule has 0 saturated carbocycles. The van der Waals surface area contributed by atoms with E-state index in [1.54, 1.807) is 0 Å². The second-order valence-corrected chi connectivity index (χ2v) is 22.2. The van der Waals surface area contributed by atoms with Crippen molar-refractivity contribution >= 4 is 45.7 Å². The third kappa shape index (κ3) is 7.39. The zero-order valence-corrected chi connectivity index (χ0v) is 39.6. The Morgan fingerprint density at radius 1 is 0.500 bits per heavy atom. The molecular formula is C55H67ClN2O2. The van der Waals surface area contributed by atoms with Crippen LogP contribution in [-0.2, 0) is 27.1 Å². The summed E-state index contributed by atoms with van der Waals surface area (Å²) in [6.45, 7) is 33.8. The Balaban J connectivity index is 1.41. The molecule has 0 atom stereocenters. The lowest BCUT2D eigenvalue weighted by atomic mass is 9.63. The highest BCUT2D eigenvalue weighted by Crippen LogP contribution is 2.54. The van der Waals surface area contributed by atoms with Crippen LogP contribution in [0.1, 0.15) is 146 Å². The fourth-order valence-corrected chi connectivity index (χ4v) is 10.5. The summed E-state index contributed by atoms with van der Waals surface area (Å²) in [6.07, 6.45) is 4.63. The second-order valence-electron chi connectivity index (χ2n) is 21.8. The summed E-state index contributed by atoms with van der Waals surface area (Å²) in [5.74, 6) is 1.51. The molecule has 5 aromatic carbocycles. The minimum absolute atomic E-state index is 0.00183. The number of ether oxygens (including phenoxy) is 2. The van der Waals surface area contributed by atoms with Gasteiger partial charge >= 0.3 is 0 Å². The summed E-state index contributed by atoms with van der Waals surface area (Å²) in [4.78, 5) is 4.79. The summed E-state index contributed by atoms with van der Waals surface area (Å²) >= 11 is 8.07. The van der Waals surface area contributed by atoms with Crippen LogP contribution in [0.2, 0.25) is 5.02 Å². The van der Waals surface area contributed by atoms with E-state index in [9.17, 15) is 0 Å². The normalized spacial score (nSPS) is 18.3. The number of benzene rings is 5. The van der Waals surface area contributed by atoms with Gasteiger partial charge in [0.25, 0.3) is 0 Å². The van der Waals surface area contributed by atoms with Gasteiger partial charge in [0.1, 0.15) is 13.2 Å². The van der Waals surface area contributed by atoms with E-state index in [1.165, 1.54) is 51.8 Å². The van der Waals surface area contributed by atoms with Crippen LogP contribution >= 0.6 is 11.6 Å². The predicted octanol–water partition coefficient (Wildman–Crippen LogP) is 16.0. The van der Waals surface area contributed by atoms with Crippen molar-refractivity contribution < 1.29 is 9.47 Å². The molecule has 5 aromatic rings. The van der Waals surface area contributed by atoms with E-state index >= 15 is 0 Å². The van der Waals surface area contributed by atoms with Crippen LogP contribution in [0.15, 0.2) is 78.9 Å². The van der Waals surface area contributed by atoms with Gasteiger partial charge in [-0.05, 0) is 167 Å². The Kier molecular flexibility index (Phi) is 10.3. The molecule has 0 amide bonds. The summed E-state index contributed by atoms with van der Waals surface area (Å²) in [6, 6.07) is 29.9. The quantitative estimate of drug-likeness (QED) is 0.170. The number of anilines is 6. The van der Waals surface area contributed by atoms with Crippen molar-refractivity contribution in [3.8, 4) is 11.5 Å². The van der Waals surface area contributed by atoms with Crippen LogP contribution in [-0.4, -0.2) is 13.2 Å². The Labute approximate surface area is 366 Å². The number of aryl methyl sites for hydroxylation is 3. The maximum absolute atomic E-state index is 8.07. The van der Waals surface area contributed by atoms with Gasteiger partial charge in [0.05, 0.1) is 27.8 Å². The fourth-order valence-electron chi connectivity index (χ4n) is 10.2. The number of halogens is 1. The zero-order chi connectivity index (χ0) is 43.3.